The Hall–Kier alpha value is -1.55. The van der Waals surface area contributed by atoms with Gasteiger partial charge < -0.3 is 19.1 Å². The van der Waals surface area contributed by atoms with E-state index in [9.17, 15) is 9.00 Å². The van der Waals surface area contributed by atoms with Crippen LogP contribution in [0.2, 0.25) is 0 Å². The third kappa shape index (κ3) is 6.47. The Morgan fingerprint density at radius 1 is 1.22 bits per heavy atom. The number of amides is 1. The summed E-state index contributed by atoms with van der Waals surface area (Å²) in [5.74, 6) is 0. The van der Waals surface area contributed by atoms with Crippen molar-refractivity contribution in [2.45, 2.75) is 109 Å². The largest absolute Gasteiger partial charge is 0.444 e. The minimum atomic E-state index is -1.23. The van der Waals surface area contributed by atoms with E-state index < -0.39 is 16.6 Å². The minimum Gasteiger partial charge on any atom is -0.444 e. The molecule has 1 N–H and O–H groups in total. The maximum Gasteiger partial charge on any atom is 0.410 e. The molecule has 2 saturated heterocycles. The number of carbonyl (C=O) groups excluding carboxylic acids is 1. The van der Waals surface area contributed by atoms with Gasteiger partial charge in [0.25, 0.3) is 0 Å². The summed E-state index contributed by atoms with van der Waals surface area (Å²) in [4.78, 5) is 19.2. The molecule has 1 aromatic heterocycles. The molecule has 1 unspecified atom stereocenters. The normalized spacial score (nSPS) is 25.0. The van der Waals surface area contributed by atoms with E-state index in [-0.39, 0.29) is 28.6 Å². The molecule has 0 saturated carbocycles. The quantitative estimate of drug-likeness (QED) is 0.599. The smallest absolute Gasteiger partial charge is 0.410 e. The first-order valence-corrected chi connectivity index (χ1v) is 14.4. The summed E-state index contributed by atoms with van der Waals surface area (Å²) in [6, 6.07) is 2.06. The van der Waals surface area contributed by atoms with Gasteiger partial charge in [0.1, 0.15) is 5.60 Å². The van der Waals surface area contributed by atoms with E-state index in [1.165, 1.54) is 5.56 Å². The molecular weight excluding hydrogens is 478 g/mol. The Morgan fingerprint density at radius 3 is 2.56 bits per heavy atom. The fourth-order valence-electron chi connectivity index (χ4n) is 5.28. The van der Waals surface area contributed by atoms with Crippen LogP contribution in [0.3, 0.4) is 0 Å². The third-order valence-electron chi connectivity index (χ3n) is 7.29. The highest BCUT2D eigenvalue weighted by molar-refractivity contribution is 7.84. The van der Waals surface area contributed by atoms with E-state index in [1.807, 2.05) is 47.7 Å². The molecule has 36 heavy (non-hydrogen) atoms. The Balaban J connectivity index is 1.51. The number of fused-ring (bicyclic) bond motifs is 1. The van der Waals surface area contributed by atoms with Crippen molar-refractivity contribution in [2.24, 2.45) is 5.41 Å². The summed E-state index contributed by atoms with van der Waals surface area (Å²) < 4.78 is 33.6. The first-order chi connectivity index (χ1) is 16.9. The fourth-order valence-corrected chi connectivity index (χ4v) is 6.22. The number of pyridine rings is 1. The zero-order chi connectivity index (χ0) is 26.1. The number of likely N-dealkylation sites (tertiary alicyclic amines) is 1. The molecular formula is C27H43N3O5S. The third-order valence-corrected chi connectivity index (χ3v) is 8.86. The second kappa shape index (κ2) is 10.7. The van der Waals surface area contributed by atoms with E-state index in [0.29, 0.717) is 19.7 Å². The van der Waals surface area contributed by atoms with Gasteiger partial charge in [0.15, 0.2) is 6.29 Å². The van der Waals surface area contributed by atoms with Crippen LogP contribution in [0.25, 0.3) is 0 Å². The second-order valence-electron chi connectivity index (χ2n) is 12.4. The predicted octanol–water partition coefficient (Wildman–Crippen LogP) is 4.79. The number of nitrogens with one attached hydrogen (secondary N) is 1. The zero-order valence-electron chi connectivity index (χ0n) is 22.7. The molecule has 0 radical (unpaired) electrons. The molecule has 202 valence electrons. The van der Waals surface area contributed by atoms with Crippen LogP contribution in [0.15, 0.2) is 12.3 Å². The van der Waals surface area contributed by atoms with E-state index in [4.69, 9.17) is 19.2 Å². The standard InChI is InChI=1S/C27H43N3O5S/c1-25(2,3)35-24(31)30-12-10-27(11-13-30)16-19-15-20(18-34-22-9-7-8-14-33-22)28-17-21(19)23(27)29-36(32)26(4,5)6/h15,17,22-23,29H,7-14,16,18H2,1-6H3/t22?,23-,36-/m1/s1. The number of rotatable bonds is 5. The van der Waals surface area contributed by atoms with Crippen LogP contribution < -0.4 is 4.72 Å². The van der Waals surface area contributed by atoms with Gasteiger partial charge in [0.05, 0.1) is 34.1 Å². The summed E-state index contributed by atoms with van der Waals surface area (Å²) in [5, 5.41) is 0. The number of nitrogens with zero attached hydrogens (tertiary/aromatic N) is 2. The SMILES string of the molecule is CC(C)(C)OC(=O)N1CCC2(CC1)Cc1cc(COC3CCCCO3)ncc1[C@H]2N[S@](=O)C(C)(C)C. The first kappa shape index (κ1) is 27.5. The molecule has 2 aliphatic heterocycles. The molecule has 3 atom stereocenters. The average Bonchev–Trinajstić information content (AvgIpc) is 3.08. The zero-order valence-corrected chi connectivity index (χ0v) is 23.5. The van der Waals surface area contributed by atoms with Crippen molar-refractivity contribution in [1.82, 2.24) is 14.6 Å². The minimum absolute atomic E-state index is 0.0857. The summed E-state index contributed by atoms with van der Waals surface area (Å²) in [6.45, 7) is 14.0. The lowest BCUT2D eigenvalue weighted by molar-refractivity contribution is -0.169. The predicted molar refractivity (Wildman–Crippen MR) is 140 cm³/mol. The van der Waals surface area contributed by atoms with Gasteiger partial charge in [-0.15, -0.1) is 0 Å². The van der Waals surface area contributed by atoms with Gasteiger partial charge in [-0.2, -0.15) is 0 Å². The van der Waals surface area contributed by atoms with Crippen molar-refractivity contribution >= 4 is 17.1 Å². The lowest BCUT2D eigenvalue weighted by atomic mass is 9.73. The molecule has 3 aliphatic rings. The van der Waals surface area contributed by atoms with Crippen molar-refractivity contribution in [3.8, 4) is 0 Å². The summed E-state index contributed by atoms with van der Waals surface area (Å²) in [7, 11) is -1.23. The van der Waals surface area contributed by atoms with Gasteiger partial charge in [-0.05, 0) is 103 Å². The highest BCUT2D eigenvalue weighted by Gasteiger charge is 2.50. The van der Waals surface area contributed by atoms with Gasteiger partial charge in [-0.1, -0.05) is 0 Å². The van der Waals surface area contributed by atoms with Crippen LogP contribution in [0.1, 0.15) is 96.5 Å². The van der Waals surface area contributed by atoms with E-state index in [0.717, 1.165) is 56.4 Å². The number of hydrogen-bond acceptors (Lipinski definition) is 6. The van der Waals surface area contributed by atoms with Crippen LogP contribution in [-0.4, -0.2) is 56.5 Å². The Labute approximate surface area is 218 Å². The Morgan fingerprint density at radius 2 is 1.94 bits per heavy atom. The van der Waals surface area contributed by atoms with Crippen molar-refractivity contribution < 1.29 is 23.2 Å². The van der Waals surface area contributed by atoms with Gasteiger partial charge in [0, 0.05) is 25.9 Å². The van der Waals surface area contributed by atoms with Gasteiger partial charge in [-0.3, -0.25) is 4.98 Å². The molecule has 4 rings (SSSR count). The van der Waals surface area contributed by atoms with Gasteiger partial charge >= 0.3 is 6.09 Å². The highest BCUT2D eigenvalue weighted by atomic mass is 32.2. The second-order valence-corrected chi connectivity index (χ2v) is 14.4. The van der Waals surface area contributed by atoms with E-state index in [2.05, 4.69) is 10.8 Å². The molecule has 1 aromatic rings. The summed E-state index contributed by atoms with van der Waals surface area (Å²) >= 11 is 0. The molecule has 8 nitrogen and oxygen atoms in total. The Kier molecular flexibility index (Phi) is 8.15. The molecule has 1 spiro atoms. The van der Waals surface area contributed by atoms with Gasteiger partial charge in [0.2, 0.25) is 0 Å². The molecule has 9 heteroatoms. The fraction of sp³-hybridized carbons (Fsp3) is 0.778. The molecule has 1 amide bonds. The van der Waals surface area contributed by atoms with Crippen LogP contribution in [0.5, 0.6) is 0 Å². The lowest BCUT2D eigenvalue weighted by Gasteiger charge is -2.43. The van der Waals surface area contributed by atoms with Crippen molar-refractivity contribution in [2.75, 3.05) is 19.7 Å². The molecule has 0 bridgehead atoms. The number of ether oxygens (including phenoxy) is 3. The molecule has 3 heterocycles. The van der Waals surface area contributed by atoms with Crippen molar-refractivity contribution in [3.63, 3.8) is 0 Å². The van der Waals surface area contributed by atoms with E-state index >= 15 is 0 Å². The van der Waals surface area contributed by atoms with Crippen LogP contribution in [0, 0.1) is 5.41 Å². The monoisotopic (exact) mass is 521 g/mol. The lowest BCUT2D eigenvalue weighted by Crippen LogP contribution is -2.49. The molecule has 0 aromatic carbocycles. The van der Waals surface area contributed by atoms with Crippen molar-refractivity contribution in [3.05, 3.63) is 29.1 Å². The molecule has 1 aliphatic carbocycles. The van der Waals surface area contributed by atoms with Crippen molar-refractivity contribution in [1.29, 1.82) is 0 Å². The highest BCUT2D eigenvalue weighted by Crippen LogP contribution is 2.52. The summed E-state index contributed by atoms with van der Waals surface area (Å²) in [5.41, 5.74) is 2.58. The maximum absolute atomic E-state index is 13.2. The van der Waals surface area contributed by atoms with Crippen LogP contribution in [0.4, 0.5) is 4.79 Å². The van der Waals surface area contributed by atoms with E-state index in [1.54, 1.807) is 4.90 Å². The summed E-state index contributed by atoms with van der Waals surface area (Å²) in [6.07, 6.45) is 7.14. The number of aromatic nitrogens is 1. The topological polar surface area (TPSA) is 90.0 Å². The first-order valence-electron chi connectivity index (χ1n) is 13.2. The number of piperidine rings is 1. The Bertz CT molecular complexity index is 957. The number of carbonyl (C=O) groups is 1. The average molecular weight is 522 g/mol. The maximum atomic E-state index is 13.2. The molecule has 2 fully saturated rings. The van der Waals surface area contributed by atoms with Crippen LogP contribution >= 0.6 is 0 Å². The number of hydrogen-bond donors (Lipinski definition) is 1. The van der Waals surface area contributed by atoms with Gasteiger partial charge in [-0.25, -0.2) is 13.7 Å². The van der Waals surface area contributed by atoms with Crippen LogP contribution in [-0.2, 0) is 38.2 Å².